The van der Waals surface area contributed by atoms with E-state index in [-0.39, 0.29) is 12.1 Å². The van der Waals surface area contributed by atoms with Crippen molar-refractivity contribution in [3.63, 3.8) is 0 Å². The molecule has 0 amide bonds. The number of hydrogen-bond donors (Lipinski definition) is 1. The number of halogens is 3. The minimum Gasteiger partial charge on any atom is -0.321 e. The summed E-state index contributed by atoms with van der Waals surface area (Å²) in [7, 11) is 0. The lowest BCUT2D eigenvalue weighted by molar-refractivity contribution is -0.137. The molecule has 2 unspecified atom stereocenters. The fourth-order valence-corrected chi connectivity index (χ4v) is 2.52. The first-order valence-corrected chi connectivity index (χ1v) is 6.76. The number of nitrogens with two attached hydrogens (primary N) is 1. The number of fused-ring (bicyclic) bond motifs is 1. The van der Waals surface area contributed by atoms with Crippen LogP contribution in [0.1, 0.15) is 43.2 Å². The summed E-state index contributed by atoms with van der Waals surface area (Å²) < 4.78 is 39.5. The van der Waals surface area contributed by atoms with Gasteiger partial charge >= 0.3 is 6.18 Å². The maximum atomic E-state index is 12.6. The van der Waals surface area contributed by atoms with E-state index in [1.54, 1.807) is 4.68 Å². The second kappa shape index (κ2) is 4.84. The van der Waals surface area contributed by atoms with Crippen molar-refractivity contribution in [3.8, 4) is 11.4 Å². The summed E-state index contributed by atoms with van der Waals surface area (Å²) in [6.45, 7) is 2.03. The Labute approximate surface area is 119 Å². The molecule has 21 heavy (non-hydrogen) atoms. The van der Waals surface area contributed by atoms with Crippen LogP contribution < -0.4 is 5.73 Å². The Bertz CT molecular complexity index is 618. The molecule has 0 bridgehead atoms. The Balaban J connectivity index is 1.96. The molecule has 4 nitrogen and oxygen atoms in total. The second-order valence-corrected chi connectivity index (χ2v) is 5.35. The van der Waals surface area contributed by atoms with E-state index in [0.29, 0.717) is 17.2 Å². The van der Waals surface area contributed by atoms with Gasteiger partial charge in [-0.25, -0.2) is 9.67 Å². The molecule has 1 aromatic carbocycles. The summed E-state index contributed by atoms with van der Waals surface area (Å²) in [6, 6.07) is 4.89. The summed E-state index contributed by atoms with van der Waals surface area (Å²) in [5.74, 6) is 1.12. The molecule has 0 saturated carbocycles. The molecule has 1 aliphatic heterocycles. The van der Waals surface area contributed by atoms with E-state index >= 15 is 0 Å². The van der Waals surface area contributed by atoms with Crippen LogP contribution in [0.25, 0.3) is 11.4 Å². The minimum atomic E-state index is -4.34. The molecule has 2 atom stereocenters. The molecule has 2 heterocycles. The average Bonchev–Trinajstić information content (AvgIpc) is 2.89. The van der Waals surface area contributed by atoms with Gasteiger partial charge in [0.1, 0.15) is 5.82 Å². The van der Waals surface area contributed by atoms with E-state index in [4.69, 9.17) is 5.73 Å². The van der Waals surface area contributed by atoms with Gasteiger partial charge in [0, 0.05) is 5.56 Å². The van der Waals surface area contributed by atoms with Crippen molar-refractivity contribution >= 4 is 0 Å². The lowest BCUT2D eigenvalue weighted by Crippen LogP contribution is -2.25. The van der Waals surface area contributed by atoms with Crippen molar-refractivity contribution in [1.29, 1.82) is 0 Å². The van der Waals surface area contributed by atoms with E-state index in [9.17, 15) is 13.2 Å². The molecule has 2 N–H and O–H groups in total. The summed E-state index contributed by atoms with van der Waals surface area (Å²) in [6.07, 6.45) is -2.58. The summed E-state index contributed by atoms with van der Waals surface area (Å²) in [5.41, 5.74) is 5.89. The van der Waals surface area contributed by atoms with Crippen LogP contribution in [0.2, 0.25) is 0 Å². The molecule has 0 spiro atoms. The van der Waals surface area contributed by atoms with Crippen molar-refractivity contribution in [2.45, 2.75) is 38.0 Å². The molecule has 0 radical (unpaired) electrons. The highest BCUT2D eigenvalue weighted by molar-refractivity contribution is 5.55. The molecule has 7 heteroatoms. The zero-order valence-corrected chi connectivity index (χ0v) is 11.4. The van der Waals surface area contributed by atoms with Gasteiger partial charge in [0.25, 0.3) is 0 Å². The Morgan fingerprint density at radius 3 is 2.43 bits per heavy atom. The quantitative estimate of drug-likeness (QED) is 0.878. The number of alkyl halides is 3. The van der Waals surface area contributed by atoms with E-state index < -0.39 is 11.7 Å². The van der Waals surface area contributed by atoms with Crippen LogP contribution in [-0.2, 0) is 6.18 Å². The predicted octanol–water partition coefficient (Wildman–Crippen LogP) is 3.32. The minimum absolute atomic E-state index is 0.170. The summed E-state index contributed by atoms with van der Waals surface area (Å²) in [4.78, 5) is 4.39. The number of nitrogens with zero attached hydrogens (tertiary/aromatic N) is 3. The van der Waals surface area contributed by atoms with Crippen LogP contribution >= 0.6 is 0 Å². The molecular weight excluding hydrogens is 281 g/mol. The highest BCUT2D eigenvalue weighted by Gasteiger charge is 2.30. The summed E-state index contributed by atoms with van der Waals surface area (Å²) in [5, 5.41) is 4.39. The fraction of sp³-hybridized carbons (Fsp3) is 0.429. The van der Waals surface area contributed by atoms with Crippen molar-refractivity contribution in [3.05, 3.63) is 35.7 Å². The molecule has 0 saturated heterocycles. The highest BCUT2D eigenvalue weighted by atomic mass is 19.4. The molecule has 3 rings (SSSR count). The normalized spacial score (nSPS) is 22.1. The third-order valence-electron chi connectivity index (χ3n) is 3.77. The smallest absolute Gasteiger partial charge is 0.321 e. The molecule has 112 valence electrons. The van der Waals surface area contributed by atoms with Crippen LogP contribution in [0.3, 0.4) is 0 Å². The van der Waals surface area contributed by atoms with Crippen LogP contribution in [0.4, 0.5) is 13.2 Å². The monoisotopic (exact) mass is 296 g/mol. The van der Waals surface area contributed by atoms with E-state index in [0.717, 1.165) is 25.0 Å². The van der Waals surface area contributed by atoms with Crippen molar-refractivity contribution in [2.75, 3.05) is 0 Å². The third kappa shape index (κ3) is 2.53. The third-order valence-corrected chi connectivity index (χ3v) is 3.77. The van der Waals surface area contributed by atoms with Gasteiger partial charge in [-0.05, 0) is 31.9 Å². The van der Waals surface area contributed by atoms with Gasteiger partial charge in [0.15, 0.2) is 5.82 Å². The lowest BCUT2D eigenvalue weighted by atomic mass is 10.0. The van der Waals surface area contributed by atoms with Crippen LogP contribution in [0, 0.1) is 0 Å². The fourth-order valence-electron chi connectivity index (χ4n) is 2.52. The first-order valence-electron chi connectivity index (χ1n) is 6.76. The van der Waals surface area contributed by atoms with E-state index in [1.165, 1.54) is 12.1 Å². The number of aromatic nitrogens is 3. The molecule has 0 fully saturated rings. The zero-order chi connectivity index (χ0) is 15.2. The van der Waals surface area contributed by atoms with Gasteiger partial charge in [-0.15, -0.1) is 0 Å². The Hall–Kier alpha value is -1.89. The Morgan fingerprint density at radius 2 is 1.86 bits per heavy atom. The summed E-state index contributed by atoms with van der Waals surface area (Å²) >= 11 is 0. The van der Waals surface area contributed by atoms with Gasteiger partial charge < -0.3 is 5.73 Å². The number of hydrogen-bond acceptors (Lipinski definition) is 3. The maximum absolute atomic E-state index is 12.6. The zero-order valence-electron chi connectivity index (χ0n) is 11.4. The molecule has 1 aromatic heterocycles. The predicted molar refractivity (Wildman–Crippen MR) is 71.3 cm³/mol. The first kappa shape index (κ1) is 14.1. The lowest BCUT2D eigenvalue weighted by Gasteiger charge is -2.23. The number of rotatable bonds is 1. The largest absolute Gasteiger partial charge is 0.416 e. The SMILES string of the molecule is CC1CCC(N)c2nc(-c3ccc(C(F)(F)F)cc3)nn21. The van der Waals surface area contributed by atoms with Gasteiger partial charge in [-0.3, -0.25) is 0 Å². The van der Waals surface area contributed by atoms with Gasteiger partial charge in [-0.1, -0.05) is 12.1 Å². The molecule has 2 aromatic rings. The van der Waals surface area contributed by atoms with Gasteiger partial charge in [-0.2, -0.15) is 18.3 Å². The Kier molecular flexibility index (Phi) is 3.24. The van der Waals surface area contributed by atoms with Crippen molar-refractivity contribution < 1.29 is 13.2 Å². The van der Waals surface area contributed by atoms with Crippen LogP contribution in [0.5, 0.6) is 0 Å². The Morgan fingerprint density at radius 1 is 1.19 bits per heavy atom. The first-order chi connectivity index (χ1) is 9.86. The second-order valence-electron chi connectivity index (χ2n) is 5.35. The molecular formula is C14H15F3N4. The van der Waals surface area contributed by atoms with E-state index in [2.05, 4.69) is 10.1 Å². The van der Waals surface area contributed by atoms with Gasteiger partial charge in [0.05, 0.1) is 17.6 Å². The number of benzene rings is 1. The van der Waals surface area contributed by atoms with Crippen LogP contribution in [-0.4, -0.2) is 14.8 Å². The molecule has 0 aliphatic carbocycles. The standard InChI is InChI=1S/C14H15F3N4/c1-8-2-7-11(18)13-19-12(20-21(8)13)9-3-5-10(6-4-9)14(15,16)17/h3-6,8,11H,2,7,18H2,1H3. The van der Waals surface area contributed by atoms with Crippen molar-refractivity contribution in [2.24, 2.45) is 5.73 Å². The van der Waals surface area contributed by atoms with Crippen LogP contribution in [0.15, 0.2) is 24.3 Å². The topological polar surface area (TPSA) is 56.7 Å². The average molecular weight is 296 g/mol. The maximum Gasteiger partial charge on any atom is 0.416 e. The van der Waals surface area contributed by atoms with E-state index in [1.807, 2.05) is 6.92 Å². The van der Waals surface area contributed by atoms with Gasteiger partial charge in [0.2, 0.25) is 0 Å². The highest BCUT2D eigenvalue weighted by Crippen LogP contribution is 2.32. The van der Waals surface area contributed by atoms with Crippen molar-refractivity contribution in [1.82, 2.24) is 14.8 Å². The molecule has 1 aliphatic rings.